The van der Waals surface area contributed by atoms with Crippen LogP contribution in [0.25, 0.3) is 0 Å². The second-order valence-electron chi connectivity index (χ2n) is 4.87. The molecule has 19 heavy (non-hydrogen) atoms. The summed E-state index contributed by atoms with van der Waals surface area (Å²) in [6.45, 7) is 0. The maximum atomic E-state index is 5.78. The Kier molecular flexibility index (Phi) is 2.71. The van der Waals surface area contributed by atoms with Gasteiger partial charge in [0.25, 0.3) is 0 Å². The largest absolute Gasteiger partial charge is 0.399 e. The Morgan fingerprint density at radius 3 is 2.53 bits per heavy atom. The Labute approximate surface area is 112 Å². The second-order valence-corrected chi connectivity index (χ2v) is 4.87. The van der Waals surface area contributed by atoms with Gasteiger partial charge in [0.1, 0.15) is 0 Å². The molecular formula is C15H16N4. The summed E-state index contributed by atoms with van der Waals surface area (Å²) in [7, 11) is 4.05. The highest BCUT2D eigenvalue weighted by Crippen LogP contribution is 2.23. The monoisotopic (exact) mass is 252 g/mol. The zero-order valence-electron chi connectivity index (χ0n) is 11.1. The normalized spacial score (nSPS) is 17.2. The third-order valence-corrected chi connectivity index (χ3v) is 3.24. The first-order chi connectivity index (χ1) is 9.13. The molecule has 0 spiro atoms. The number of benzene rings is 1. The van der Waals surface area contributed by atoms with E-state index in [4.69, 9.17) is 5.73 Å². The number of hydrogen-bond donors (Lipinski definition) is 1. The van der Waals surface area contributed by atoms with Gasteiger partial charge in [-0.25, -0.2) is 9.98 Å². The van der Waals surface area contributed by atoms with E-state index < -0.39 is 0 Å². The van der Waals surface area contributed by atoms with Gasteiger partial charge in [0.15, 0.2) is 5.84 Å². The smallest absolute Gasteiger partial charge is 0.160 e. The third kappa shape index (κ3) is 2.17. The molecule has 1 aromatic carbocycles. The number of hydrogen-bond acceptors (Lipinski definition) is 4. The average molecular weight is 252 g/mol. The van der Waals surface area contributed by atoms with Gasteiger partial charge in [-0.05, 0) is 30.3 Å². The van der Waals surface area contributed by atoms with Crippen molar-refractivity contribution in [2.45, 2.75) is 6.42 Å². The summed E-state index contributed by atoms with van der Waals surface area (Å²) in [5, 5.41) is 0. The summed E-state index contributed by atoms with van der Waals surface area (Å²) < 4.78 is 0. The summed E-state index contributed by atoms with van der Waals surface area (Å²) in [5.74, 6) is 0.773. The fourth-order valence-corrected chi connectivity index (χ4v) is 2.12. The van der Waals surface area contributed by atoms with Crippen molar-refractivity contribution >= 4 is 17.2 Å². The van der Waals surface area contributed by atoms with Gasteiger partial charge in [-0.2, -0.15) is 0 Å². The Morgan fingerprint density at radius 1 is 1.11 bits per heavy atom. The first kappa shape index (κ1) is 11.7. The Bertz CT molecular complexity index is 631. The van der Waals surface area contributed by atoms with E-state index >= 15 is 0 Å². The predicted octanol–water partition coefficient (Wildman–Crippen LogP) is 2.08. The molecule has 0 saturated heterocycles. The van der Waals surface area contributed by atoms with E-state index in [1.807, 2.05) is 38.4 Å². The fraction of sp³-hybridized carbons (Fsp3) is 0.200. The van der Waals surface area contributed by atoms with Crippen molar-refractivity contribution in [3.05, 3.63) is 53.4 Å². The summed E-state index contributed by atoms with van der Waals surface area (Å²) in [6.07, 6.45) is 4.61. The van der Waals surface area contributed by atoms with Crippen molar-refractivity contribution in [2.75, 3.05) is 19.0 Å². The van der Waals surface area contributed by atoms with Gasteiger partial charge in [-0.15, -0.1) is 0 Å². The highest BCUT2D eigenvalue weighted by Gasteiger charge is 2.19. The maximum Gasteiger partial charge on any atom is 0.160 e. The lowest BCUT2D eigenvalue weighted by Gasteiger charge is -2.12. The topological polar surface area (TPSA) is 54.0 Å². The first-order valence-electron chi connectivity index (χ1n) is 6.25. The molecule has 0 fully saturated rings. The van der Waals surface area contributed by atoms with E-state index in [1.165, 1.54) is 0 Å². The van der Waals surface area contributed by atoms with E-state index in [0.717, 1.165) is 40.6 Å². The molecule has 2 aliphatic rings. The van der Waals surface area contributed by atoms with Crippen molar-refractivity contribution in [1.29, 1.82) is 0 Å². The lowest BCUT2D eigenvalue weighted by atomic mass is 10.1. The SMILES string of the molecule is CN(C)c1ccc(C2=NC3=CC(N)=CCC3=N2)cc1. The molecule has 3 rings (SSSR count). The molecule has 0 unspecified atom stereocenters. The van der Waals surface area contributed by atoms with Crippen LogP contribution in [0.15, 0.2) is 57.8 Å². The lowest BCUT2D eigenvalue weighted by molar-refractivity contribution is 1.13. The van der Waals surface area contributed by atoms with Crippen LogP contribution in [0.3, 0.4) is 0 Å². The molecular weight excluding hydrogens is 236 g/mol. The lowest BCUT2D eigenvalue weighted by Crippen LogP contribution is -2.08. The fourth-order valence-electron chi connectivity index (χ4n) is 2.12. The third-order valence-electron chi connectivity index (χ3n) is 3.24. The number of rotatable bonds is 2. The number of aliphatic imine (C=N–C) groups is 2. The van der Waals surface area contributed by atoms with Crippen LogP contribution in [-0.2, 0) is 0 Å². The molecule has 1 aliphatic carbocycles. The molecule has 0 bridgehead atoms. The predicted molar refractivity (Wildman–Crippen MR) is 79.7 cm³/mol. The molecule has 96 valence electrons. The molecule has 1 aliphatic heterocycles. The number of amidine groups is 1. The van der Waals surface area contributed by atoms with Crippen LogP contribution < -0.4 is 10.6 Å². The zero-order valence-corrected chi connectivity index (χ0v) is 11.1. The summed E-state index contributed by atoms with van der Waals surface area (Å²) in [4.78, 5) is 11.2. The highest BCUT2D eigenvalue weighted by atomic mass is 15.1. The summed E-state index contributed by atoms with van der Waals surface area (Å²) in [6, 6.07) is 8.24. The zero-order chi connectivity index (χ0) is 13.4. The Morgan fingerprint density at radius 2 is 1.84 bits per heavy atom. The Balaban J connectivity index is 1.91. The van der Waals surface area contributed by atoms with E-state index in [9.17, 15) is 0 Å². The van der Waals surface area contributed by atoms with E-state index in [-0.39, 0.29) is 0 Å². The van der Waals surface area contributed by atoms with Gasteiger partial charge in [-0.3, -0.25) is 0 Å². The van der Waals surface area contributed by atoms with Crippen molar-refractivity contribution in [2.24, 2.45) is 15.7 Å². The molecule has 4 nitrogen and oxygen atoms in total. The van der Waals surface area contributed by atoms with Crippen LogP contribution >= 0.6 is 0 Å². The average Bonchev–Trinajstić information content (AvgIpc) is 2.81. The van der Waals surface area contributed by atoms with Crippen molar-refractivity contribution < 1.29 is 0 Å². The van der Waals surface area contributed by atoms with Crippen LogP contribution in [0.5, 0.6) is 0 Å². The van der Waals surface area contributed by atoms with Gasteiger partial charge < -0.3 is 10.6 Å². The number of nitrogens with zero attached hydrogens (tertiary/aromatic N) is 3. The van der Waals surface area contributed by atoms with Crippen LogP contribution in [0, 0.1) is 0 Å². The van der Waals surface area contributed by atoms with Crippen LogP contribution in [0.2, 0.25) is 0 Å². The minimum atomic E-state index is 0.764. The van der Waals surface area contributed by atoms with Gasteiger partial charge in [0, 0.05) is 37.5 Å². The minimum absolute atomic E-state index is 0.764. The number of nitrogens with two attached hydrogens (primary N) is 1. The molecule has 1 heterocycles. The van der Waals surface area contributed by atoms with Gasteiger partial charge >= 0.3 is 0 Å². The van der Waals surface area contributed by atoms with Crippen molar-refractivity contribution in [1.82, 2.24) is 0 Å². The number of anilines is 1. The van der Waals surface area contributed by atoms with Crippen molar-refractivity contribution in [3.63, 3.8) is 0 Å². The quantitative estimate of drug-likeness (QED) is 0.876. The first-order valence-corrected chi connectivity index (χ1v) is 6.25. The second kappa shape index (κ2) is 4.39. The van der Waals surface area contributed by atoms with Crippen LogP contribution in [0.4, 0.5) is 5.69 Å². The summed E-state index contributed by atoms with van der Waals surface area (Å²) >= 11 is 0. The molecule has 0 atom stereocenters. The molecule has 0 radical (unpaired) electrons. The highest BCUT2D eigenvalue weighted by molar-refractivity contribution is 6.19. The molecule has 0 aromatic heterocycles. The maximum absolute atomic E-state index is 5.78. The summed E-state index contributed by atoms with van der Waals surface area (Å²) in [5.41, 5.74) is 10.6. The van der Waals surface area contributed by atoms with E-state index in [1.54, 1.807) is 0 Å². The minimum Gasteiger partial charge on any atom is -0.399 e. The molecule has 4 heteroatoms. The van der Waals surface area contributed by atoms with Crippen LogP contribution in [-0.4, -0.2) is 25.6 Å². The standard InChI is InChI=1S/C15H16N4/c1-19(2)12-6-3-10(4-7-12)15-17-13-8-5-11(16)9-14(13)18-15/h3-7,9H,8,16H2,1-2H3. The molecule has 1 aromatic rings. The van der Waals surface area contributed by atoms with Gasteiger partial charge in [0.2, 0.25) is 0 Å². The van der Waals surface area contributed by atoms with Crippen LogP contribution in [0.1, 0.15) is 12.0 Å². The van der Waals surface area contributed by atoms with E-state index in [0.29, 0.717) is 0 Å². The molecule has 2 N–H and O–H groups in total. The number of allylic oxidation sites excluding steroid dienone is 3. The Hall–Kier alpha value is -2.36. The van der Waals surface area contributed by atoms with Crippen molar-refractivity contribution in [3.8, 4) is 0 Å². The molecule has 0 amide bonds. The van der Waals surface area contributed by atoms with Gasteiger partial charge in [0.05, 0.1) is 11.4 Å². The molecule has 0 saturated carbocycles. The van der Waals surface area contributed by atoms with Gasteiger partial charge in [-0.1, -0.05) is 6.08 Å². The van der Waals surface area contributed by atoms with E-state index in [2.05, 4.69) is 27.0 Å². The number of fused-ring (bicyclic) bond motifs is 1.